The van der Waals surface area contributed by atoms with Crippen LogP contribution >= 0.6 is 0 Å². The number of hydrogen-bond donors (Lipinski definition) is 1. The van der Waals surface area contributed by atoms with Gasteiger partial charge in [-0.15, -0.1) is 0 Å². The van der Waals surface area contributed by atoms with Crippen molar-refractivity contribution in [1.29, 1.82) is 0 Å². The number of likely N-dealkylation sites (tertiary alicyclic amines) is 1. The highest BCUT2D eigenvalue weighted by Crippen LogP contribution is 2.33. The maximum atomic E-state index is 13.9. The lowest BCUT2D eigenvalue weighted by atomic mass is 10.0. The molecule has 92 valence electrons. The fourth-order valence-corrected chi connectivity index (χ4v) is 2.43. The zero-order chi connectivity index (χ0) is 12.3. The van der Waals surface area contributed by atoms with Crippen LogP contribution in [0.15, 0.2) is 18.2 Å². The summed E-state index contributed by atoms with van der Waals surface area (Å²) in [5, 5.41) is 8.93. The van der Waals surface area contributed by atoms with Crippen LogP contribution in [0.2, 0.25) is 0 Å². The van der Waals surface area contributed by atoms with E-state index < -0.39 is 0 Å². The van der Waals surface area contributed by atoms with E-state index in [2.05, 4.69) is 0 Å². The predicted molar refractivity (Wildman–Crippen MR) is 61.9 cm³/mol. The van der Waals surface area contributed by atoms with Crippen LogP contribution in [0, 0.1) is 5.82 Å². The lowest BCUT2D eigenvalue weighted by Crippen LogP contribution is -2.25. The molecule has 0 aromatic heterocycles. The number of aliphatic hydroxyl groups excluding tert-OH is 1. The van der Waals surface area contributed by atoms with Crippen molar-refractivity contribution < 1.29 is 14.3 Å². The molecule has 1 aliphatic heterocycles. The van der Waals surface area contributed by atoms with Gasteiger partial charge in [0.25, 0.3) is 0 Å². The molecule has 0 radical (unpaired) electrons. The van der Waals surface area contributed by atoms with Crippen molar-refractivity contribution in [1.82, 2.24) is 4.90 Å². The summed E-state index contributed by atoms with van der Waals surface area (Å²) in [6.07, 6.45) is 2.72. The summed E-state index contributed by atoms with van der Waals surface area (Å²) >= 11 is 0. The first-order valence-electron chi connectivity index (χ1n) is 5.83. The van der Waals surface area contributed by atoms with Crippen molar-refractivity contribution in [3.63, 3.8) is 0 Å². The van der Waals surface area contributed by atoms with Crippen molar-refractivity contribution in [3.05, 3.63) is 35.1 Å². The van der Waals surface area contributed by atoms with E-state index in [4.69, 9.17) is 5.11 Å². The second-order valence-corrected chi connectivity index (χ2v) is 4.33. The third-order valence-corrected chi connectivity index (χ3v) is 3.28. The summed E-state index contributed by atoms with van der Waals surface area (Å²) < 4.78 is 13.9. The molecule has 0 spiro atoms. The van der Waals surface area contributed by atoms with Gasteiger partial charge >= 0.3 is 0 Å². The van der Waals surface area contributed by atoms with Gasteiger partial charge in [0, 0.05) is 11.6 Å². The van der Waals surface area contributed by atoms with E-state index in [0.29, 0.717) is 17.7 Å². The molecule has 1 aromatic rings. The van der Waals surface area contributed by atoms with Gasteiger partial charge in [-0.25, -0.2) is 4.39 Å². The molecule has 1 aromatic carbocycles. The Bertz CT molecular complexity index is 408. The Morgan fingerprint density at radius 2 is 2.35 bits per heavy atom. The van der Waals surface area contributed by atoms with E-state index in [1.165, 1.54) is 6.07 Å². The van der Waals surface area contributed by atoms with Crippen molar-refractivity contribution in [2.45, 2.75) is 25.5 Å². The topological polar surface area (TPSA) is 40.5 Å². The van der Waals surface area contributed by atoms with E-state index in [1.807, 2.05) is 4.90 Å². The molecule has 1 saturated heterocycles. The average Bonchev–Trinajstić information content (AvgIpc) is 2.77. The van der Waals surface area contributed by atoms with Gasteiger partial charge in [-0.1, -0.05) is 12.1 Å². The maximum Gasteiger partial charge on any atom is 0.134 e. The number of halogens is 1. The van der Waals surface area contributed by atoms with Gasteiger partial charge in [0.15, 0.2) is 0 Å². The number of aldehydes is 1. The number of aliphatic hydroxyl groups is 1. The standard InChI is InChI=1S/C13H16FNO2/c14-12-8-10(9-17)3-4-11(12)13-2-1-5-15(13)6-7-16/h3-4,7-8,13,17H,1-2,5-6,9H2. The highest BCUT2D eigenvalue weighted by molar-refractivity contribution is 5.52. The first-order valence-corrected chi connectivity index (χ1v) is 5.83. The summed E-state index contributed by atoms with van der Waals surface area (Å²) in [4.78, 5) is 12.5. The van der Waals surface area contributed by atoms with Crippen LogP contribution in [0.3, 0.4) is 0 Å². The lowest BCUT2D eigenvalue weighted by molar-refractivity contribution is -0.109. The molecule has 1 fully saturated rings. The second kappa shape index (κ2) is 5.38. The molecule has 1 unspecified atom stereocenters. The fourth-order valence-electron chi connectivity index (χ4n) is 2.43. The fraction of sp³-hybridized carbons (Fsp3) is 0.462. The third kappa shape index (κ3) is 2.53. The molecule has 2 rings (SSSR count). The largest absolute Gasteiger partial charge is 0.392 e. The Hall–Kier alpha value is -1.26. The van der Waals surface area contributed by atoms with Crippen LogP contribution in [-0.4, -0.2) is 29.4 Å². The molecule has 0 amide bonds. The zero-order valence-corrected chi connectivity index (χ0v) is 9.60. The van der Waals surface area contributed by atoms with Crippen LogP contribution in [-0.2, 0) is 11.4 Å². The smallest absolute Gasteiger partial charge is 0.134 e. The third-order valence-electron chi connectivity index (χ3n) is 3.28. The molecule has 0 saturated carbocycles. The second-order valence-electron chi connectivity index (χ2n) is 4.33. The molecule has 1 heterocycles. The predicted octanol–water partition coefficient (Wildman–Crippen LogP) is 1.65. The van der Waals surface area contributed by atoms with Gasteiger partial charge in [-0.3, -0.25) is 4.90 Å². The van der Waals surface area contributed by atoms with Gasteiger partial charge < -0.3 is 9.90 Å². The summed E-state index contributed by atoms with van der Waals surface area (Å²) in [5.74, 6) is -0.292. The summed E-state index contributed by atoms with van der Waals surface area (Å²) in [6, 6.07) is 4.81. The summed E-state index contributed by atoms with van der Waals surface area (Å²) in [7, 11) is 0. The number of carbonyl (C=O) groups excluding carboxylic acids is 1. The SMILES string of the molecule is O=CCN1CCCC1c1ccc(CO)cc1F. The zero-order valence-electron chi connectivity index (χ0n) is 9.60. The monoisotopic (exact) mass is 237 g/mol. The van der Waals surface area contributed by atoms with Crippen molar-refractivity contribution in [2.24, 2.45) is 0 Å². The molecule has 0 bridgehead atoms. The molecule has 1 N–H and O–H groups in total. The number of benzene rings is 1. The molecular formula is C13H16FNO2. The number of carbonyl (C=O) groups is 1. The quantitative estimate of drug-likeness (QED) is 0.809. The highest BCUT2D eigenvalue weighted by Gasteiger charge is 2.27. The Morgan fingerprint density at radius 3 is 3.00 bits per heavy atom. The van der Waals surface area contributed by atoms with Crippen molar-refractivity contribution in [2.75, 3.05) is 13.1 Å². The molecule has 4 heteroatoms. The average molecular weight is 237 g/mol. The first-order chi connectivity index (χ1) is 8.26. The van der Waals surface area contributed by atoms with Crippen LogP contribution in [0.25, 0.3) is 0 Å². The number of hydrogen-bond acceptors (Lipinski definition) is 3. The maximum absolute atomic E-state index is 13.9. The van der Waals surface area contributed by atoms with Crippen LogP contribution in [0.1, 0.15) is 30.0 Å². The van der Waals surface area contributed by atoms with Crippen molar-refractivity contribution in [3.8, 4) is 0 Å². The minimum Gasteiger partial charge on any atom is -0.392 e. The summed E-state index contributed by atoms with van der Waals surface area (Å²) in [5.41, 5.74) is 1.20. The molecule has 1 aliphatic rings. The van der Waals surface area contributed by atoms with Gasteiger partial charge in [0.2, 0.25) is 0 Å². The van der Waals surface area contributed by atoms with Crippen LogP contribution < -0.4 is 0 Å². The number of nitrogens with zero attached hydrogens (tertiary/aromatic N) is 1. The van der Waals surface area contributed by atoms with Gasteiger partial charge in [0.1, 0.15) is 12.1 Å². The lowest BCUT2D eigenvalue weighted by Gasteiger charge is -2.23. The molecule has 1 atom stereocenters. The van der Waals surface area contributed by atoms with Gasteiger partial charge in [-0.2, -0.15) is 0 Å². The van der Waals surface area contributed by atoms with Gasteiger partial charge in [-0.05, 0) is 31.0 Å². The minimum atomic E-state index is -0.292. The van der Waals surface area contributed by atoms with Gasteiger partial charge in [0.05, 0.1) is 13.2 Å². The molecule has 3 nitrogen and oxygen atoms in total. The Labute approximate surface area is 99.9 Å². The van der Waals surface area contributed by atoms with Crippen LogP contribution in [0.4, 0.5) is 4.39 Å². The molecule has 17 heavy (non-hydrogen) atoms. The minimum absolute atomic E-state index is 0.00653. The van der Waals surface area contributed by atoms with E-state index in [0.717, 1.165) is 25.7 Å². The van der Waals surface area contributed by atoms with E-state index in [9.17, 15) is 9.18 Å². The Morgan fingerprint density at radius 1 is 1.53 bits per heavy atom. The Kier molecular flexibility index (Phi) is 3.86. The highest BCUT2D eigenvalue weighted by atomic mass is 19.1. The Balaban J connectivity index is 2.23. The van der Waals surface area contributed by atoms with Crippen LogP contribution in [0.5, 0.6) is 0 Å². The number of rotatable bonds is 4. The van der Waals surface area contributed by atoms with E-state index in [-0.39, 0.29) is 18.5 Å². The molecule has 0 aliphatic carbocycles. The van der Waals surface area contributed by atoms with E-state index in [1.54, 1.807) is 12.1 Å². The van der Waals surface area contributed by atoms with Crippen molar-refractivity contribution >= 4 is 6.29 Å². The summed E-state index contributed by atoms with van der Waals surface area (Å²) in [6.45, 7) is 1.04. The first kappa shape index (κ1) is 12.2. The normalized spacial score (nSPS) is 20.7. The van der Waals surface area contributed by atoms with E-state index >= 15 is 0 Å². The molecular weight excluding hydrogens is 221 g/mol.